The Morgan fingerprint density at radius 2 is 2.21 bits per heavy atom. The number of hydrogen-bond acceptors (Lipinski definition) is 4. The van der Waals surface area contributed by atoms with Crippen molar-refractivity contribution in [1.29, 1.82) is 0 Å². The lowest BCUT2D eigenvalue weighted by Crippen LogP contribution is -2.49. The van der Waals surface area contributed by atoms with Crippen LogP contribution >= 0.6 is 0 Å². The van der Waals surface area contributed by atoms with Gasteiger partial charge in [0.05, 0.1) is 13.7 Å². The first-order chi connectivity index (χ1) is 13.4. The van der Waals surface area contributed by atoms with Crippen LogP contribution in [-0.2, 0) is 24.8 Å². The van der Waals surface area contributed by atoms with Crippen LogP contribution in [0.5, 0.6) is 5.75 Å². The fraction of sp³-hybridized carbons (Fsp3) is 0.571. The van der Waals surface area contributed by atoms with Crippen molar-refractivity contribution >= 4 is 5.96 Å². The second-order valence-electron chi connectivity index (χ2n) is 7.90. The predicted molar refractivity (Wildman–Crippen MR) is 112 cm³/mol. The summed E-state index contributed by atoms with van der Waals surface area (Å²) in [6.07, 6.45) is 2.85. The molecule has 0 spiro atoms. The summed E-state index contributed by atoms with van der Waals surface area (Å²) in [5, 5.41) is 11.6. The van der Waals surface area contributed by atoms with E-state index in [0.717, 1.165) is 55.7 Å². The van der Waals surface area contributed by atoms with Crippen LogP contribution in [-0.4, -0.2) is 47.5 Å². The monoisotopic (exact) mass is 384 g/mol. The van der Waals surface area contributed by atoms with Gasteiger partial charge in [-0.2, -0.15) is 5.10 Å². The molecule has 1 aliphatic heterocycles. The quantitative estimate of drug-likeness (QED) is 0.590. The number of aliphatic imine (C=N–C) groups is 1. The Kier molecular flexibility index (Phi) is 6.21. The van der Waals surface area contributed by atoms with Crippen LogP contribution < -0.4 is 15.4 Å². The molecule has 0 saturated carbocycles. The Hall–Kier alpha value is -2.57. The lowest BCUT2D eigenvalue weighted by molar-refractivity contribution is 0.390. The molecule has 0 aliphatic carbocycles. The minimum atomic E-state index is -0.0617. The lowest BCUT2D eigenvalue weighted by Gasteiger charge is -2.29. The van der Waals surface area contributed by atoms with Crippen LogP contribution in [0.2, 0.25) is 0 Å². The highest BCUT2D eigenvalue weighted by Gasteiger charge is 2.24. The van der Waals surface area contributed by atoms with E-state index in [2.05, 4.69) is 58.6 Å². The number of aryl methyl sites for hydroxylation is 2. The second-order valence-corrected chi connectivity index (χ2v) is 7.90. The molecule has 1 aromatic carbocycles. The third-order valence-electron chi connectivity index (χ3n) is 5.33. The molecule has 0 fully saturated rings. The van der Waals surface area contributed by atoms with Crippen LogP contribution in [0.4, 0.5) is 0 Å². The minimum absolute atomic E-state index is 0.0617. The zero-order valence-corrected chi connectivity index (χ0v) is 17.6. The molecule has 7 heteroatoms. The molecule has 2 heterocycles. The maximum Gasteiger partial charge on any atom is 0.191 e. The van der Waals surface area contributed by atoms with Crippen molar-refractivity contribution in [3.63, 3.8) is 0 Å². The number of methoxy groups -OCH3 is 1. The molecule has 1 unspecified atom stereocenters. The van der Waals surface area contributed by atoms with Crippen molar-refractivity contribution < 1.29 is 4.74 Å². The van der Waals surface area contributed by atoms with E-state index in [1.54, 1.807) is 7.11 Å². The summed E-state index contributed by atoms with van der Waals surface area (Å²) in [5.41, 5.74) is 1.17. The van der Waals surface area contributed by atoms with E-state index in [9.17, 15) is 0 Å². The van der Waals surface area contributed by atoms with Crippen molar-refractivity contribution in [3.05, 3.63) is 41.5 Å². The Bertz CT molecular complexity index is 826. The van der Waals surface area contributed by atoms with Gasteiger partial charge in [0.25, 0.3) is 0 Å². The molecule has 1 atom stereocenters. The van der Waals surface area contributed by atoms with Gasteiger partial charge in [-0.05, 0) is 24.1 Å². The van der Waals surface area contributed by atoms with Gasteiger partial charge in [0.15, 0.2) is 11.8 Å². The van der Waals surface area contributed by atoms with Crippen molar-refractivity contribution in [1.82, 2.24) is 25.4 Å². The lowest BCUT2D eigenvalue weighted by atomic mass is 9.84. The van der Waals surface area contributed by atoms with Gasteiger partial charge in [0.2, 0.25) is 0 Å². The molecule has 1 aliphatic rings. The van der Waals surface area contributed by atoms with Gasteiger partial charge >= 0.3 is 0 Å². The van der Waals surface area contributed by atoms with Crippen molar-refractivity contribution in [2.24, 2.45) is 4.99 Å². The first-order valence-electron chi connectivity index (χ1n) is 9.99. The largest absolute Gasteiger partial charge is 0.497 e. The topological polar surface area (TPSA) is 76.4 Å². The van der Waals surface area contributed by atoms with Gasteiger partial charge in [0, 0.05) is 37.9 Å². The molecule has 0 bridgehead atoms. The summed E-state index contributed by atoms with van der Waals surface area (Å²) in [7, 11) is 3.51. The van der Waals surface area contributed by atoms with Gasteiger partial charge in [-0.25, -0.2) is 9.67 Å². The van der Waals surface area contributed by atoms with E-state index in [0.29, 0.717) is 6.04 Å². The number of hydrogen-bond donors (Lipinski definition) is 2. The van der Waals surface area contributed by atoms with Gasteiger partial charge in [-0.1, -0.05) is 32.9 Å². The molecular formula is C21H32N6O. The summed E-state index contributed by atoms with van der Waals surface area (Å²) in [5.74, 6) is 3.72. The molecule has 3 rings (SSSR count). The van der Waals surface area contributed by atoms with E-state index in [4.69, 9.17) is 4.74 Å². The summed E-state index contributed by atoms with van der Waals surface area (Å²) < 4.78 is 7.40. The van der Waals surface area contributed by atoms with E-state index >= 15 is 0 Å². The number of ether oxygens (including phenoxy) is 1. The Morgan fingerprint density at radius 3 is 2.93 bits per heavy atom. The maximum atomic E-state index is 5.37. The molecule has 0 amide bonds. The molecule has 0 saturated heterocycles. The average molecular weight is 385 g/mol. The van der Waals surface area contributed by atoms with Crippen LogP contribution in [0.15, 0.2) is 29.3 Å². The molecule has 1 aromatic heterocycles. The molecule has 2 aromatic rings. The smallest absolute Gasteiger partial charge is 0.191 e. The predicted octanol–water partition coefficient (Wildman–Crippen LogP) is 2.31. The summed E-state index contributed by atoms with van der Waals surface area (Å²) in [6.45, 7) is 8.11. The zero-order chi connectivity index (χ0) is 20.1. The first-order valence-corrected chi connectivity index (χ1v) is 9.99. The Morgan fingerprint density at radius 1 is 1.39 bits per heavy atom. The van der Waals surface area contributed by atoms with Gasteiger partial charge in [0.1, 0.15) is 11.6 Å². The third-order valence-corrected chi connectivity index (χ3v) is 5.33. The van der Waals surface area contributed by atoms with E-state index in [1.807, 2.05) is 23.9 Å². The minimum Gasteiger partial charge on any atom is -0.497 e. The van der Waals surface area contributed by atoms with E-state index < -0.39 is 0 Å². The van der Waals surface area contributed by atoms with Gasteiger partial charge in [-0.3, -0.25) is 4.99 Å². The number of rotatable bonds is 6. The highest BCUT2D eigenvalue weighted by Crippen LogP contribution is 2.25. The summed E-state index contributed by atoms with van der Waals surface area (Å²) >= 11 is 0. The molecule has 152 valence electrons. The number of fused-ring (bicyclic) bond motifs is 1. The number of nitrogens with zero attached hydrogens (tertiary/aromatic N) is 4. The fourth-order valence-corrected chi connectivity index (χ4v) is 3.47. The van der Waals surface area contributed by atoms with Gasteiger partial charge in [-0.15, -0.1) is 0 Å². The highest BCUT2D eigenvalue weighted by molar-refractivity contribution is 5.80. The van der Waals surface area contributed by atoms with Crippen LogP contribution in [0, 0.1) is 0 Å². The van der Waals surface area contributed by atoms with Crippen molar-refractivity contribution in [2.45, 2.75) is 58.0 Å². The summed E-state index contributed by atoms with van der Waals surface area (Å²) in [4.78, 5) is 9.00. The van der Waals surface area contributed by atoms with Crippen LogP contribution in [0.25, 0.3) is 0 Å². The molecule has 0 radical (unpaired) electrons. The standard InChI is InChI=1S/C21H32N6O/c1-6-18-25-19-11-10-16(13-27(19)26-18)24-20(22-4)23-14-21(2,3)15-8-7-9-17(12-15)28-5/h7-9,12,16H,6,10-11,13-14H2,1-5H3,(H2,22,23,24). The molecule has 7 nitrogen and oxygen atoms in total. The molecule has 2 N–H and O–H groups in total. The first kappa shape index (κ1) is 20.2. The zero-order valence-electron chi connectivity index (χ0n) is 17.6. The average Bonchev–Trinajstić information content (AvgIpc) is 3.13. The van der Waals surface area contributed by atoms with Crippen LogP contribution in [0.1, 0.15) is 44.4 Å². The number of benzene rings is 1. The maximum absolute atomic E-state index is 5.37. The summed E-state index contributed by atoms with van der Waals surface area (Å²) in [6, 6.07) is 8.53. The molecular weight excluding hydrogens is 352 g/mol. The molecule has 28 heavy (non-hydrogen) atoms. The number of nitrogens with one attached hydrogen (secondary N) is 2. The highest BCUT2D eigenvalue weighted by atomic mass is 16.5. The van der Waals surface area contributed by atoms with Gasteiger partial charge < -0.3 is 15.4 Å². The third kappa shape index (κ3) is 4.64. The van der Waals surface area contributed by atoms with E-state index in [1.165, 1.54) is 5.56 Å². The number of aromatic nitrogens is 3. The van der Waals surface area contributed by atoms with Crippen molar-refractivity contribution in [2.75, 3.05) is 20.7 Å². The Balaban J connectivity index is 1.58. The van der Waals surface area contributed by atoms with E-state index in [-0.39, 0.29) is 5.41 Å². The Labute approximate surface area is 167 Å². The van der Waals surface area contributed by atoms with Crippen LogP contribution in [0.3, 0.4) is 0 Å². The SMILES string of the molecule is CCc1nc2n(n1)CC(NC(=NC)NCC(C)(C)c1cccc(OC)c1)CC2. The van der Waals surface area contributed by atoms with Crippen molar-refractivity contribution in [3.8, 4) is 5.75 Å². The normalized spacial score (nSPS) is 17.2. The number of guanidine groups is 1. The second kappa shape index (κ2) is 8.63. The fourth-order valence-electron chi connectivity index (χ4n) is 3.47.